The van der Waals surface area contributed by atoms with Crippen molar-refractivity contribution in [2.24, 2.45) is 0 Å². The Balaban J connectivity index is 0. The Bertz CT molecular complexity index is 201. The van der Waals surface area contributed by atoms with E-state index in [-0.39, 0.29) is 65.4 Å². The van der Waals surface area contributed by atoms with Crippen LogP contribution in [0, 0.1) is 0 Å². The Morgan fingerprint density at radius 1 is 1.17 bits per heavy atom. The van der Waals surface area contributed by atoms with Gasteiger partial charge < -0.3 is 8.53 Å². The van der Waals surface area contributed by atoms with E-state index in [1.54, 1.807) is 7.11 Å². The second-order valence-corrected chi connectivity index (χ2v) is 2.03. The maximum Gasteiger partial charge on any atom is 0.482 e. The van der Waals surface area contributed by atoms with Crippen LogP contribution in [0.15, 0.2) is 24.3 Å². The van der Waals surface area contributed by atoms with E-state index in [9.17, 15) is 0 Å². The SMILES string of the molecule is COc1cccc([O][Al])c1.[Y].[Y]. The summed E-state index contributed by atoms with van der Waals surface area (Å²) in [5, 5.41) is 0. The molecule has 0 fully saturated rings. The third-order valence-electron chi connectivity index (χ3n) is 1.18. The van der Waals surface area contributed by atoms with Gasteiger partial charge in [-0.3, -0.25) is 0 Å². The molecule has 1 aromatic carbocycles. The largest absolute Gasteiger partial charge is 0.654 e. The number of hydrogen-bond acceptors (Lipinski definition) is 2. The second-order valence-electron chi connectivity index (χ2n) is 1.80. The maximum absolute atomic E-state index is 4.97. The number of rotatable bonds is 2. The summed E-state index contributed by atoms with van der Waals surface area (Å²) in [6.07, 6.45) is 0. The third-order valence-corrected chi connectivity index (χ3v) is 1.45. The fraction of sp³-hybridized carbons (Fsp3) is 0.143. The van der Waals surface area contributed by atoms with Gasteiger partial charge in [-0.15, -0.1) is 0 Å². The van der Waals surface area contributed by atoms with Crippen molar-refractivity contribution >= 4 is 16.6 Å². The van der Waals surface area contributed by atoms with E-state index < -0.39 is 0 Å². The summed E-state index contributed by atoms with van der Waals surface area (Å²) < 4.78 is 9.86. The zero-order chi connectivity index (χ0) is 7.40. The fourth-order valence-corrected chi connectivity index (χ4v) is 0.821. The molecule has 0 bridgehead atoms. The first kappa shape index (κ1) is 16.0. The van der Waals surface area contributed by atoms with E-state index in [0.29, 0.717) is 0 Å². The molecular weight excluding hydrogens is 321 g/mol. The fourth-order valence-electron chi connectivity index (χ4n) is 0.674. The van der Waals surface area contributed by atoms with Crippen LogP contribution in [0.1, 0.15) is 0 Å². The van der Waals surface area contributed by atoms with Crippen LogP contribution in [0.4, 0.5) is 0 Å². The summed E-state index contributed by atoms with van der Waals surface area (Å²) in [6.45, 7) is 0. The van der Waals surface area contributed by atoms with E-state index >= 15 is 0 Å². The first-order chi connectivity index (χ1) is 4.86. The Hall–Kier alpha value is 1.56. The molecule has 0 N–H and O–H groups in total. The van der Waals surface area contributed by atoms with E-state index in [1.807, 2.05) is 24.3 Å². The van der Waals surface area contributed by atoms with Gasteiger partial charge in [-0.1, -0.05) is 6.07 Å². The molecule has 0 saturated carbocycles. The Morgan fingerprint density at radius 2 is 1.75 bits per heavy atom. The van der Waals surface area contributed by atoms with Gasteiger partial charge >= 0.3 is 16.6 Å². The number of methoxy groups -OCH3 is 1. The molecule has 0 unspecified atom stereocenters. The normalized spacial score (nSPS) is 7.42. The van der Waals surface area contributed by atoms with Crippen LogP contribution in [0.2, 0.25) is 0 Å². The van der Waals surface area contributed by atoms with Crippen molar-refractivity contribution < 1.29 is 73.9 Å². The zero-order valence-electron chi connectivity index (χ0n) is 6.86. The van der Waals surface area contributed by atoms with Gasteiger partial charge in [0, 0.05) is 71.5 Å². The van der Waals surface area contributed by atoms with E-state index in [0.717, 1.165) is 11.5 Å². The molecule has 0 heterocycles. The summed E-state index contributed by atoms with van der Waals surface area (Å²) in [5.41, 5.74) is 0. The Morgan fingerprint density at radius 3 is 2.25 bits per heavy atom. The van der Waals surface area contributed by atoms with Crippen molar-refractivity contribution in [1.29, 1.82) is 0 Å². The predicted octanol–water partition coefficient (Wildman–Crippen LogP) is 1.15. The van der Waals surface area contributed by atoms with Crippen molar-refractivity contribution in [3.63, 3.8) is 0 Å². The molecule has 56 valence electrons. The van der Waals surface area contributed by atoms with Gasteiger partial charge in [0.1, 0.15) is 5.75 Å². The van der Waals surface area contributed by atoms with Crippen molar-refractivity contribution in [3.8, 4) is 11.5 Å². The van der Waals surface area contributed by atoms with Crippen molar-refractivity contribution in [3.05, 3.63) is 24.3 Å². The molecule has 1 aromatic rings. The number of benzene rings is 1. The first-order valence-corrected chi connectivity index (χ1v) is 3.34. The predicted molar refractivity (Wildman–Crippen MR) is 39.4 cm³/mol. The van der Waals surface area contributed by atoms with Crippen molar-refractivity contribution in [2.75, 3.05) is 7.11 Å². The standard InChI is InChI=1S/C7H8O2.Al.2Y/c1-9-7-4-2-3-6(8)5-7;;;/h2-5,8H,1H3;;;/q;+1;;/p-1. The molecule has 12 heavy (non-hydrogen) atoms. The molecule has 0 spiro atoms. The van der Waals surface area contributed by atoms with Gasteiger partial charge in [0.25, 0.3) is 0 Å². The molecule has 0 saturated heterocycles. The molecule has 0 aliphatic rings. The summed E-state index contributed by atoms with van der Waals surface area (Å²) in [4.78, 5) is 0. The zero-order valence-corrected chi connectivity index (χ0v) is 13.7. The van der Waals surface area contributed by atoms with Crippen LogP contribution in [0.3, 0.4) is 0 Å². The molecule has 0 amide bonds. The number of ether oxygens (including phenoxy) is 1. The van der Waals surface area contributed by atoms with Crippen LogP contribution in [0.5, 0.6) is 11.5 Å². The molecule has 5 heteroatoms. The number of hydrogen-bond donors (Lipinski definition) is 0. The van der Waals surface area contributed by atoms with Crippen molar-refractivity contribution in [1.82, 2.24) is 0 Å². The smallest absolute Gasteiger partial charge is 0.482 e. The Kier molecular flexibility index (Phi) is 12.2. The molecule has 2 nitrogen and oxygen atoms in total. The van der Waals surface area contributed by atoms with Gasteiger partial charge in [0.15, 0.2) is 0 Å². The minimum absolute atomic E-state index is 0. The van der Waals surface area contributed by atoms with Gasteiger partial charge in [-0.25, -0.2) is 0 Å². The second kappa shape index (κ2) is 9.13. The molecule has 1 rings (SSSR count). The average molecular weight is 328 g/mol. The van der Waals surface area contributed by atoms with Crippen LogP contribution < -0.4 is 8.53 Å². The quantitative estimate of drug-likeness (QED) is 0.759. The van der Waals surface area contributed by atoms with Gasteiger partial charge in [0.05, 0.1) is 12.9 Å². The Labute approximate surface area is 131 Å². The molecule has 0 atom stereocenters. The maximum atomic E-state index is 4.97. The summed E-state index contributed by atoms with van der Waals surface area (Å²) in [5.74, 6) is 1.59. The molecule has 4 radical (unpaired) electrons. The van der Waals surface area contributed by atoms with Gasteiger partial charge in [-0.05, 0) is 12.1 Å². The first-order valence-electron chi connectivity index (χ1n) is 2.87. The van der Waals surface area contributed by atoms with Crippen LogP contribution >= 0.6 is 0 Å². The minimum Gasteiger partial charge on any atom is -0.654 e. The average Bonchev–Trinajstić information content (AvgIpc) is 2.05. The van der Waals surface area contributed by atoms with Crippen LogP contribution in [-0.4, -0.2) is 23.7 Å². The van der Waals surface area contributed by atoms with Gasteiger partial charge in [0.2, 0.25) is 0 Å². The van der Waals surface area contributed by atoms with Crippen LogP contribution in [-0.2, 0) is 65.4 Å². The molecular formula is C7H7AlO2Y2. The monoisotopic (exact) mass is 328 g/mol. The van der Waals surface area contributed by atoms with E-state index in [4.69, 9.17) is 8.53 Å². The third kappa shape index (κ3) is 5.32. The van der Waals surface area contributed by atoms with E-state index in [2.05, 4.69) is 16.6 Å². The summed E-state index contributed by atoms with van der Waals surface area (Å²) in [6, 6.07) is 7.41. The molecule has 0 aliphatic heterocycles. The van der Waals surface area contributed by atoms with Crippen LogP contribution in [0.25, 0.3) is 0 Å². The van der Waals surface area contributed by atoms with Crippen molar-refractivity contribution in [2.45, 2.75) is 0 Å². The molecule has 0 aromatic heterocycles. The molecule has 0 aliphatic carbocycles. The summed E-state index contributed by atoms with van der Waals surface area (Å²) in [7, 11) is 1.63. The topological polar surface area (TPSA) is 18.5 Å². The summed E-state index contributed by atoms with van der Waals surface area (Å²) >= 11 is 2.18. The van der Waals surface area contributed by atoms with E-state index in [1.165, 1.54) is 0 Å². The minimum atomic E-state index is 0. The van der Waals surface area contributed by atoms with Gasteiger partial charge in [-0.2, -0.15) is 0 Å².